The number of hydrogen-bond donors (Lipinski definition) is 1. The average Bonchev–Trinajstić information content (AvgIpc) is 2.33. The summed E-state index contributed by atoms with van der Waals surface area (Å²) in [6.45, 7) is 5.24. The van der Waals surface area contributed by atoms with E-state index in [1.165, 1.54) is 4.90 Å². The quantitative estimate of drug-likeness (QED) is 0.872. The molecule has 4 heteroatoms. The molecule has 3 nitrogen and oxygen atoms in total. The highest BCUT2D eigenvalue weighted by Crippen LogP contribution is 2.25. The zero-order valence-corrected chi connectivity index (χ0v) is 10.3. The summed E-state index contributed by atoms with van der Waals surface area (Å²) < 4.78 is 10.8. The minimum Gasteiger partial charge on any atom is -0.494 e. The number of thioether (sulfide) groups is 1. The Morgan fingerprint density at radius 2 is 2.25 bits per heavy atom. The smallest absolute Gasteiger partial charge is 0.119 e. The van der Waals surface area contributed by atoms with Gasteiger partial charge in [-0.2, -0.15) is 0 Å². The number of nitrogens with one attached hydrogen (secondary N) is 1. The van der Waals surface area contributed by atoms with E-state index in [0.29, 0.717) is 12.0 Å². The van der Waals surface area contributed by atoms with Crippen molar-refractivity contribution in [3.8, 4) is 5.75 Å². The maximum absolute atomic E-state index is 5.41. The molecule has 2 rings (SSSR count). The maximum Gasteiger partial charge on any atom is 0.119 e. The van der Waals surface area contributed by atoms with Gasteiger partial charge in [0.05, 0.1) is 25.2 Å². The van der Waals surface area contributed by atoms with Gasteiger partial charge in [0.1, 0.15) is 5.75 Å². The lowest BCUT2D eigenvalue weighted by molar-refractivity contribution is 0.100. The Morgan fingerprint density at radius 1 is 1.44 bits per heavy atom. The summed E-state index contributed by atoms with van der Waals surface area (Å²) in [6, 6.07) is 8.20. The molecular weight excluding hydrogens is 222 g/mol. The number of rotatable bonds is 4. The number of morpholine rings is 1. The van der Waals surface area contributed by atoms with E-state index < -0.39 is 0 Å². The fourth-order valence-corrected chi connectivity index (χ4v) is 2.55. The highest BCUT2D eigenvalue weighted by atomic mass is 32.2. The zero-order valence-electron chi connectivity index (χ0n) is 9.44. The van der Waals surface area contributed by atoms with E-state index in [1.54, 1.807) is 11.8 Å². The van der Waals surface area contributed by atoms with Crippen LogP contribution in [0, 0.1) is 0 Å². The van der Waals surface area contributed by atoms with Crippen molar-refractivity contribution in [1.29, 1.82) is 0 Å². The molecule has 0 bridgehead atoms. The number of benzene rings is 1. The molecule has 0 amide bonds. The van der Waals surface area contributed by atoms with Gasteiger partial charge in [0, 0.05) is 11.4 Å². The van der Waals surface area contributed by atoms with Crippen LogP contribution in [0.4, 0.5) is 0 Å². The van der Waals surface area contributed by atoms with Crippen LogP contribution in [0.25, 0.3) is 0 Å². The lowest BCUT2D eigenvalue weighted by atomic mass is 10.3. The van der Waals surface area contributed by atoms with Crippen LogP contribution in [0.3, 0.4) is 0 Å². The summed E-state index contributed by atoms with van der Waals surface area (Å²) in [5.74, 6) is 0.930. The third-order valence-corrected chi connectivity index (χ3v) is 3.43. The van der Waals surface area contributed by atoms with Gasteiger partial charge in [0.25, 0.3) is 0 Å². The van der Waals surface area contributed by atoms with Gasteiger partial charge >= 0.3 is 0 Å². The third-order valence-electron chi connectivity index (χ3n) is 2.30. The van der Waals surface area contributed by atoms with Gasteiger partial charge in [-0.25, -0.2) is 0 Å². The topological polar surface area (TPSA) is 30.5 Å². The average molecular weight is 239 g/mol. The van der Waals surface area contributed by atoms with Gasteiger partial charge in [-0.05, 0) is 31.2 Å². The minimum atomic E-state index is 0.367. The molecule has 1 atom stereocenters. The lowest BCUT2D eigenvalue weighted by Gasteiger charge is -2.23. The summed E-state index contributed by atoms with van der Waals surface area (Å²) in [5.41, 5.74) is 0. The van der Waals surface area contributed by atoms with E-state index in [2.05, 4.69) is 17.4 Å². The van der Waals surface area contributed by atoms with Crippen LogP contribution in [-0.2, 0) is 4.74 Å². The zero-order chi connectivity index (χ0) is 11.2. The predicted octanol–water partition coefficient (Wildman–Crippen LogP) is 2.12. The number of hydrogen-bond acceptors (Lipinski definition) is 4. The molecular formula is C12H17NO2S. The van der Waals surface area contributed by atoms with Crippen molar-refractivity contribution >= 4 is 11.8 Å². The van der Waals surface area contributed by atoms with Gasteiger partial charge in [-0.3, -0.25) is 0 Å². The summed E-state index contributed by atoms with van der Waals surface area (Å²) in [7, 11) is 0. The van der Waals surface area contributed by atoms with Crippen molar-refractivity contribution < 1.29 is 9.47 Å². The molecule has 1 heterocycles. The first-order valence-electron chi connectivity index (χ1n) is 5.59. The second-order valence-electron chi connectivity index (χ2n) is 3.54. The lowest BCUT2D eigenvalue weighted by Crippen LogP contribution is -2.38. The highest BCUT2D eigenvalue weighted by Gasteiger charge is 2.13. The van der Waals surface area contributed by atoms with Crippen LogP contribution in [-0.4, -0.2) is 31.7 Å². The van der Waals surface area contributed by atoms with E-state index in [0.717, 1.165) is 25.5 Å². The van der Waals surface area contributed by atoms with E-state index >= 15 is 0 Å². The van der Waals surface area contributed by atoms with Crippen LogP contribution in [0.5, 0.6) is 5.75 Å². The van der Waals surface area contributed by atoms with Gasteiger partial charge < -0.3 is 14.8 Å². The standard InChI is InChI=1S/C12H17NO2S/c1-2-15-10-3-5-11(6-4-10)16-12-9-14-8-7-13-12/h3-6,12-13H,2,7-9H2,1H3. The number of ether oxygens (including phenoxy) is 2. The predicted molar refractivity (Wildman–Crippen MR) is 66.1 cm³/mol. The molecule has 1 aromatic rings. The molecule has 88 valence electrons. The molecule has 0 saturated carbocycles. The molecule has 0 radical (unpaired) electrons. The van der Waals surface area contributed by atoms with Gasteiger partial charge in [0.2, 0.25) is 0 Å². The Balaban J connectivity index is 1.88. The molecule has 1 unspecified atom stereocenters. The molecule has 0 aromatic heterocycles. The fourth-order valence-electron chi connectivity index (χ4n) is 1.56. The maximum atomic E-state index is 5.41. The normalized spacial score (nSPS) is 20.7. The molecule has 16 heavy (non-hydrogen) atoms. The largest absolute Gasteiger partial charge is 0.494 e. The first kappa shape index (κ1) is 11.8. The molecule has 1 N–H and O–H groups in total. The second kappa shape index (κ2) is 6.13. The summed E-state index contributed by atoms with van der Waals surface area (Å²) >= 11 is 1.80. The Hall–Kier alpha value is -0.710. The first-order chi connectivity index (χ1) is 7.88. The Kier molecular flexibility index (Phi) is 4.51. The SMILES string of the molecule is CCOc1ccc(SC2COCCN2)cc1. The Bertz CT molecular complexity index is 309. The van der Waals surface area contributed by atoms with Crippen LogP contribution in [0.1, 0.15) is 6.92 Å². The van der Waals surface area contributed by atoms with Crippen molar-refractivity contribution in [1.82, 2.24) is 5.32 Å². The molecule has 1 aliphatic rings. The van der Waals surface area contributed by atoms with Gasteiger partial charge in [-0.1, -0.05) is 0 Å². The van der Waals surface area contributed by atoms with Gasteiger partial charge in [0.15, 0.2) is 0 Å². The van der Waals surface area contributed by atoms with E-state index in [-0.39, 0.29) is 0 Å². The first-order valence-corrected chi connectivity index (χ1v) is 6.47. The molecule has 1 fully saturated rings. The van der Waals surface area contributed by atoms with Crippen molar-refractivity contribution in [2.24, 2.45) is 0 Å². The van der Waals surface area contributed by atoms with E-state index in [1.807, 2.05) is 19.1 Å². The molecule has 1 aliphatic heterocycles. The summed E-state index contributed by atoms with van der Waals surface area (Å²) in [4.78, 5) is 1.24. The molecule has 1 saturated heterocycles. The summed E-state index contributed by atoms with van der Waals surface area (Å²) in [5, 5.41) is 3.78. The monoisotopic (exact) mass is 239 g/mol. The van der Waals surface area contributed by atoms with Crippen LogP contribution < -0.4 is 10.1 Å². The third kappa shape index (κ3) is 3.40. The summed E-state index contributed by atoms with van der Waals surface area (Å²) in [6.07, 6.45) is 0. The Labute approximate surface area is 101 Å². The second-order valence-corrected chi connectivity index (χ2v) is 4.82. The molecule has 0 spiro atoms. The molecule has 1 aromatic carbocycles. The van der Waals surface area contributed by atoms with E-state index in [9.17, 15) is 0 Å². The Morgan fingerprint density at radius 3 is 2.88 bits per heavy atom. The van der Waals surface area contributed by atoms with Gasteiger partial charge in [-0.15, -0.1) is 11.8 Å². The van der Waals surface area contributed by atoms with Crippen molar-refractivity contribution in [2.45, 2.75) is 17.2 Å². The van der Waals surface area contributed by atoms with Crippen molar-refractivity contribution in [3.63, 3.8) is 0 Å². The van der Waals surface area contributed by atoms with E-state index in [4.69, 9.17) is 9.47 Å². The van der Waals surface area contributed by atoms with Crippen LogP contribution in [0.15, 0.2) is 29.2 Å². The van der Waals surface area contributed by atoms with Crippen molar-refractivity contribution in [2.75, 3.05) is 26.4 Å². The highest BCUT2D eigenvalue weighted by molar-refractivity contribution is 8.00. The van der Waals surface area contributed by atoms with Crippen LogP contribution >= 0.6 is 11.8 Å². The van der Waals surface area contributed by atoms with Crippen molar-refractivity contribution in [3.05, 3.63) is 24.3 Å². The minimum absolute atomic E-state index is 0.367. The fraction of sp³-hybridized carbons (Fsp3) is 0.500. The molecule has 0 aliphatic carbocycles. The van der Waals surface area contributed by atoms with Crippen LogP contribution in [0.2, 0.25) is 0 Å².